The molecule has 0 aliphatic carbocycles. The highest BCUT2D eigenvalue weighted by molar-refractivity contribution is 6.47. The first-order chi connectivity index (χ1) is 11.4. The SMILES string of the molecule is CC(=O)c1cccc2c1OB(O)[C@@H](CC(=O)CN1CC[C@@H](N)C1)C2. The predicted molar refractivity (Wildman–Crippen MR) is 91.2 cm³/mol. The Balaban J connectivity index is 1.65. The summed E-state index contributed by atoms with van der Waals surface area (Å²) in [7, 11) is -1.07. The number of hydrogen-bond donors (Lipinski definition) is 2. The molecule has 0 saturated carbocycles. The number of hydrogen-bond acceptors (Lipinski definition) is 6. The van der Waals surface area contributed by atoms with Crippen LogP contribution in [0, 0.1) is 0 Å². The number of ketones is 2. The molecule has 0 spiro atoms. The number of nitrogens with zero attached hydrogens (tertiary/aromatic N) is 1. The van der Waals surface area contributed by atoms with Gasteiger partial charge in [-0.05, 0) is 31.4 Å². The molecule has 0 unspecified atom stereocenters. The number of fused-ring (bicyclic) bond motifs is 1. The van der Waals surface area contributed by atoms with Crippen molar-refractivity contribution in [2.45, 2.75) is 38.0 Å². The Hall–Kier alpha value is -1.70. The second-order valence-electron chi connectivity index (χ2n) is 6.85. The van der Waals surface area contributed by atoms with Gasteiger partial charge in [0.1, 0.15) is 11.5 Å². The fourth-order valence-electron chi connectivity index (χ4n) is 3.55. The van der Waals surface area contributed by atoms with E-state index in [-0.39, 0.29) is 29.8 Å². The Labute approximate surface area is 142 Å². The molecule has 0 radical (unpaired) electrons. The summed E-state index contributed by atoms with van der Waals surface area (Å²) in [6.45, 7) is 3.45. The van der Waals surface area contributed by atoms with Gasteiger partial charge in [0.05, 0.1) is 12.1 Å². The molecule has 1 aromatic rings. The first kappa shape index (κ1) is 17.1. The van der Waals surface area contributed by atoms with E-state index in [0.29, 0.717) is 24.3 Å². The molecule has 128 valence electrons. The van der Waals surface area contributed by atoms with Crippen molar-refractivity contribution >= 4 is 18.7 Å². The highest BCUT2D eigenvalue weighted by Gasteiger charge is 2.37. The average molecular weight is 330 g/mol. The van der Waals surface area contributed by atoms with Crippen LogP contribution in [0.3, 0.4) is 0 Å². The summed E-state index contributed by atoms with van der Waals surface area (Å²) in [5, 5.41) is 10.3. The normalized spacial score (nSPS) is 23.7. The van der Waals surface area contributed by atoms with E-state index >= 15 is 0 Å². The number of carbonyl (C=O) groups is 2. The van der Waals surface area contributed by atoms with Crippen molar-refractivity contribution in [1.82, 2.24) is 4.90 Å². The van der Waals surface area contributed by atoms with Crippen molar-refractivity contribution in [3.8, 4) is 5.75 Å². The van der Waals surface area contributed by atoms with Gasteiger partial charge in [0.25, 0.3) is 0 Å². The van der Waals surface area contributed by atoms with Crippen LogP contribution in [0.25, 0.3) is 0 Å². The number of rotatable bonds is 5. The van der Waals surface area contributed by atoms with Gasteiger partial charge in [-0.15, -0.1) is 0 Å². The van der Waals surface area contributed by atoms with Gasteiger partial charge in [0, 0.05) is 31.4 Å². The van der Waals surface area contributed by atoms with Gasteiger partial charge in [0.15, 0.2) is 5.78 Å². The van der Waals surface area contributed by atoms with Crippen LogP contribution in [0.15, 0.2) is 18.2 Å². The van der Waals surface area contributed by atoms with E-state index in [4.69, 9.17) is 10.4 Å². The Morgan fingerprint density at radius 2 is 2.25 bits per heavy atom. The topological polar surface area (TPSA) is 92.9 Å². The third kappa shape index (κ3) is 3.69. The summed E-state index contributed by atoms with van der Waals surface area (Å²) in [5.74, 6) is 0.150. The van der Waals surface area contributed by atoms with Crippen molar-refractivity contribution in [1.29, 1.82) is 0 Å². The standard InChI is InChI=1S/C17H23BN2O4/c1-11(21)16-4-2-3-12-7-13(18(23)24-17(12)16)8-15(22)10-20-6-5-14(19)9-20/h2-4,13-14,23H,5-10,19H2,1H3/t13-,14-/m1/s1. The third-order valence-electron chi connectivity index (χ3n) is 4.80. The van der Waals surface area contributed by atoms with Gasteiger partial charge in [-0.25, -0.2) is 0 Å². The Bertz CT molecular complexity index is 651. The summed E-state index contributed by atoms with van der Waals surface area (Å²) in [6, 6.07) is 5.53. The smallest absolute Gasteiger partial charge is 0.526 e. The van der Waals surface area contributed by atoms with Gasteiger partial charge in [0.2, 0.25) is 0 Å². The fourth-order valence-corrected chi connectivity index (χ4v) is 3.55. The molecule has 1 fully saturated rings. The zero-order valence-corrected chi connectivity index (χ0v) is 13.9. The molecule has 3 rings (SSSR count). The zero-order chi connectivity index (χ0) is 17.3. The van der Waals surface area contributed by atoms with Gasteiger partial charge in [-0.2, -0.15) is 0 Å². The monoisotopic (exact) mass is 330 g/mol. The maximum Gasteiger partial charge on any atom is 0.526 e. The minimum Gasteiger partial charge on any atom is -0.535 e. The molecule has 2 aliphatic rings. The Morgan fingerprint density at radius 1 is 1.46 bits per heavy atom. The predicted octanol–water partition coefficient (Wildman–Crippen LogP) is 0.667. The Kier molecular flexibility index (Phi) is 5.03. The highest BCUT2D eigenvalue weighted by Crippen LogP contribution is 2.36. The molecule has 3 N–H and O–H groups in total. The minimum atomic E-state index is -1.07. The summed E-state index contributed by atoms with van der Waals surface area (Å²) >= 11 is 0. The number of benzene rings is 1. The van der Waals surface area contributed by atoms with E-state index in [1.54, 1.807) is 12.1 Å². The maximum atomic E-state index is 12.3. The molecule has 1 aromatic carbocycles. The molecule has 24 heavy (non-hydrogen) atoms. The minimum absolute atomic E-state index is 0.0860. The van der Waals surface area contributed by atoms with Gasteiger partial charge in [-0.1, -0.05) is 12.1 Å². The van der Waals surface area contributed by atoms with Gasteiger partial charge < -0.3 is 15.4 Å². The van der Waals surface area contributed by atoms with Crippen molar-refractivity contribution in [3.05, 3.63) is 29.3 Å². The molecule has 2 atom stereocenters. The van der Waals surface area contributed by atoms with Crippen molar-refractivity contribution in [2.24, 2.45) is 5.73 Å². The molecule has 0 amide bonds. The van der Waals surface area contributed by atoms with Gasteiger partial charge >= 0.3 is 7.12 Å². The number of para-hydroxylation sites is 1. The lowest BCUT2D eigenvalue weighted by Gasteiger charge is -2.28. The maximum absolute atomic E-state index is 12.3. The van der Waals surface area contributed by atoms with E-state index in [9.17, 15) is 14.6 Å². The van der Waals surface area contributed by atoms with Crippen LogP contribution in [0.2, 0.25) is 5.82 Å². The molecular formula is C17H23BN2O4. The molecule has 1 saturated heterocycles. The van der Waals surface area contributed by atoms with Crippen LogP contribution >= 0.6 is 0 Å². The lowest BCUT2D eigenvalue weighted by atomic mass is 9.64. The molecule has 0 bridgehead atoms. The number of Topliss-reactive ketones (excluding diaryl/α,β-unsaturated/α-hetero) is 2. The van der Waals surface area contributed by atoms with E-state index in [1.165, 1.54) is 6.92 Å². The Morgan fingerprint density at radius 3 is 2.92 bits per heavy atom. The van der Waals surface area contributed by atoms with E-state index in [0.717, 1.165) is 25.1 Å². The highest BCUT2D eigenvalue weighted by atomic mass is 16.5. The lowest BCUT2D eigenvalue weighted by molar-refractivity contribution is -0.120. The molecule has 0 aromatic heterocycles. The second-order valence-corrected chi connectivity index (χ2v) is 6.85. The lowest BCUT2D eigenvalue weighted by Crippen LogP contribution is -2.37. The number of carbonyl (C=O) groups excluding carboxylic acids is 2. The van der Waals surface area contributed by atoms with Crippen LogP contribution in [0.4, 0.5) is 0 Å². The van der Waals surface area contributed by atoms with Crippen molar-refractivity contribution in [3.63, 3.8) is 0 Å². The molecule has 2 heterocycles. The average Bonchev–Trinajstić information content (AvgIpc) is 2.92. The molecule has 2 aliphatic heterocycles. The van der Waals surface area contributed by atoms with E-state index < -0.39 is 7.12 Å². The fraction of sp³-hybridized carbons (Fsp3) is 0.529. The van der Waals surface area contributed by atoms with E-state index in [1.807, 2.05) is 6.07 Å². The summed E-state index contributed by atoms with van der Waals surface area (Å²) < 4.78 is 5.57. The van der Waals surface area contributed by atoms with Crippen molar-refractivity contribution < 1.29 is 19.3 Å². The first-order valence-electron chi connectivity index (χ1n) is 8.41. The van der Waals surface area contributed by atoms with Crippen LogP contribution < -0.4 is 10.4 Å². The molecule has 6 nitrogen and oxygen atoms in total. The van der Waals surface area contributed by atoms with Crippen LogP contribution in [-0.4, -0.2) is 54.3 Å². The quantitative estimate of drug-likeness (QED) is 0.609. The van der Waals surface area contributed by atoms with Gasteiger partial charge in [-0.3, -0.25) is 14.5 Å². The third-order valence-corrected chi connectivity index (χ3v) is 4.80. The van der Waals surface area contributed by atoms with Crippen LogP contribution in [-0.2, 0) is 11.2 Å². The summed E-state index contributed by atoms with van der Waals surface area (Å²) in [6.07, 6.45) is 1.71. The second kappa shape index (κ2) is 7.05. The summed E-state index contributed by atoms with van der Waals surface area (Å²) in [4.78, 5) is 26.0. The number of nitrogens with two attached hydrogens (primary N) is 1. The summed E-state index contributed by atoms with van der Waals surface area (Å²) in [5.41, 5.74) is 7.20. The first-order valence-corrected chi connectivity index (χ1v) is 8.41. The zero-order valence-electron chi connectivity index (χ0n) is 13.9. The van der Waals surface area contributed by atoms with Crippen molar-refractivity contribution in [2.75, 3.05) is 19.6 Å². The largest absolute Gasteiger partial charge is 0.535 e. The van der Waals surface area contributed by atoms with Crippen LogP contribution in [0.1, 0.15) is 35.7 Å². The van der Waals surface area contributed by atoms with Crippen LogP contribution in [0.5, 0.6) is 5.75 Å². The molecule has 7 heteroatoms. The number of likely N-dealkylation sites (tertiary alicyclic amines) is 1. The van der Waals surface area contributed by atoms with E-state index in [2.05, 4.69) is 4.90 Å². The molecular weight excluding hydrogens is 307 g/mol.